The van der Waals surface area contributed by atoms with Gasteiger partial charge in [0.05, 0.1) is 0 Å². The number of nitrogens with one attached hydrogen (secondary N) is 3. The maximum absolute atomic E-state index is 12.7. The third kappa shape index (κ3) is 6.26. The number of aryl methyl sites for hydroxylation is 2. The van der Waals surface area contributed by atoms with E-state index in [9.17, 15) is 19.2 Å². The van der Waals surface area contributed by atoms with Gasteiger partial charge in [-0.05, 0) is 30.0 Å². The number of rotatable bonds is 11. The molecule has 0 saturated heterocycles. The maximum atomic E-state index is 12.7. The Kier molecular flexibility index (Phi) is 8.62. The lowest BCUT2D eigenvalue weighted by molar-refractivity contribution is -0.121. The molecule has 2 aromatic heterocycles. The lowest BCUT2D eigenvalue weighted by Gasteiger charge is -2.12. The van der Waals surface area contributed by atoms with E-state index in [2.05, 4.69) is 20.6 Å². The molecular formula is C25H34N6O4. The summed E-state index contributed by atoms with van der Waals surface area (Å²) in [5, 5.41) is 5.46. The number of aromatic amines is 1. The highest BCUT2D eigenvalue weighted by Gasteiger charge is 2.19. The highest BCUT2D eigenvalue weighted by Crippen LogP contribution is 2.16. The third-order valence-corrected chi connectivity index (χ3v) is 5.73. The van der Waals surface area contributed by atoms with Gasteiger partial charge in [0.15, 0.2) is 11.2 Å². The minimum absolute atomic E-state index is 0.171. The molecule has 0 unspecified atom stereocenters. The standard InChI is InChI=1S/C25H34N6O4/c1-5-6-12-30-22-21(24(34)29-25(30)35)31(15-16(2)3)19(28-22)10-11-20(32)27-14-17-8-7-9-18(13-17)23(33)26-4/h7-9,13,16H,5-6,10-12,14-15H2,1-4H3,(H,26,33)(H,27,32)(H,29,34,35). The largest absolute Gasteiger partial charge is 0.355 e. The molecule has 3 rings (SSSR count). The Morgan fingerprint density at radius 1 is 1.17 bits per heavy atom. The van der Waals surface area contributed by atoms with Crippen molar-refractivity contribution in [2.45, 2.75) is 66.1 Å². The van der Waals surface area contributed by atoms with Gasteiger partial charge in [0.1, 0.15) is 5.82 Å². The van der Waals surface area contributed by atoms with Crippen LogP contribution < -0.4 is 21.9 Å². The molecule has 0 aliphatic rings. The van der Waals surface area contributed by atoms with Crippen LogP contribution in [-0.4, -0.2) is 38.0 Å². The van der Waals surface area contributed by atoms with Crippen LogP contribution in [0.5, 0.6) is 0 Å². The number of fused-ring (bicyclic) bond motifs is 1. The highest BCUT2D eigenvalue weighted by atomic mass is 16.2. The van der Waals surface area contributed by atoms with E-state index in [1.54, 1.807) is 25.2 Å². The number of carbonyl (C=O) groups excluding carboxylic acids is 2. The van der Waals surface area contributed by atoms with Crippen molar-refractivity contribution >= 4 is 23.0 Å². The average Bonchev–Trinajstić information content (AvgIpc) is 3.18. The first-order chi connectivity index (χ1) is 16.7. The van der Waals surface area contributed by atoms with Crippen LogP contribution in [-0.2, 0) is 30.8 Å². The predicted molar refractivity (Wildman–Crippen MR) is 134 cm³/mol. The van der Waals surface area contributed by atoms with E-state index in [1.165, 1.54) is 4.57 Å². The molecule has 10 heteroatoms. The molecule has 10 nitrogen and oxygen atoms in total. The molecule has 1 aromatic carbocycles. The normalized spacial score (nSPS) is 11.2. The molecular weight excluding hydrogens is 448 g/mol. The number of imidazole rings is 1. The number of hydrogen-bond acceptors (Lipinski definition) is 5. The van der Waals surface area contributed by atoms with Gasteiger partial charge in [0.2, 0.25) is 5.91 Å². The summed E-state index contributed by atoms with van der Waals surface area (Å²) >= 11 is 0. The number of unbranched alkanes of at least 4 members (excludes halogenated alkanes) is 1. The van der Waals surface area contributed by atoms with E-state index in [0.29, 0.717) is 48.6 Å². The second-order valence-corrected chi connectivity index (χ2v) is 9.03. The van der Waals surface area contributed by atoms with E-state index in [-0.39, 0.29) is 24.2 Å². The van der Waals surface area contributed by atoms with Crippen molar-refractivity contribution in [3.63, 3.8) is 0 Å². The van der Waals surface area contributed by atoms with Crippen LogP contribution in [0.15, 0.2) is 33.9 Å². The molecule has 0 spiro atoms. The van der Waals surface area contributed by atoms with Crippen molar-refractivity contribution in [2.75, 3.05) is 7.05 Å². The van der Waals surface area contributed by atoms with Crippen molar-refractivity contribution in [1.82, 2.24) is 29.7 Å². The van der Waals surface area contributed by atoms with Gasteiger partial charge in [-0.1, -0.05) is 39.3 Å². The Bertz CT molecular complexity index is 1320. The summed E-state index contributed by atoms with van der Waals surface area (Å²) in [6.07, 6.45) is 2.19. The number of hydrogen-bond donors (Lipinski definition) is 3. The third-order valence-electron chi connectivity index (χ3n) is 5.73. The number of H-pyrrole nitrogens is 1. The SMILES string of the molecule is CCCCn1c(=O)[nH]c(=O)c2c1nc(CCC(=O)NCc1cccc(C(=O)NC)c1)n2CC(C)C. The quantitative estimate of drug-likeness (QED) is 0.384. The predicted octanol–water partition coefficient (Wildman–Crippen LogP) is 1.95. The lowest BCUT2D eigenvalue weighted by Crippen LogP contribution is -2.31. The number of carbonyl (C=O) groups is 2. The molecule has 3 aromatic rings. The Labute approximate surface area is 203 Å². The van der Waals surface area contributed by atoms with Crippen LogP contribution >= 0.6 is 0 Å². The van der Waals surface area contributed by atoms with Gasteiger partial charge in [0.25, 0.3) is 11.5 Å². The topological polar surface area (TPSA) is 131 Å². The number of benzene rings is 1. The highest BCUT2D eigenvalue weighted by molar-refractivity contribution is 5.94. The summed E-state index contributed by atoms with van der Waals surface area (Å²) in [6, 6.07) is 7.07. The van der Waals surface area contributed by atoms with Gasteiger partial charge in [-0.3, -0.25) is 23.9 Å². The van der Waals surface area contributed by atoms with E-state index in [4.69, 9.17) is 0 Å². The van der Waals surface area contributed by atoms with E-state index < -0.39 is 11.2 Å². The molecule has 3 N–H and O–H groups in total. The smallest absolute Gasteiger partial charge is 0.330 e. The van der Waals surface area contributed by atoms with Gasteiger partial charge >= 0.3 is 5.69 Å². The fourth-order valence-corrected chi connectivity index (χ4v) is 3.98. The Balaban J connectivity index is 1.79. The molecule has 188 valence electrons. The Hall–Kier alpha value is -3.69. The van der Waals surface area contributed by atoms with Crippen LogP contribution in [0.4, 0.5) is 0 Å². The lowest BCUT2D eigenvalue weighted by atomic mass is 10.1. The molecule has 0 atom stereocenters. The maximum Gasteiger partial charge on any atom is 0.330 e. The fourth-order valence-electron chi connectivity index (χ4n) is 3.98. The second-order valence-electron chi connectivity index (χ2n) is 9.03. The monoisotopic (exact) mass is 482 g/mol. The summed E-state index contributed by atoms with van der Waals surface area (Å²) in [4.78, 5) is 56.6. The molecule has 0 saturated carbocycles. The van der Waals surface area contributed by atoms with Crippen LogP contribution in [0.2, 0.25) is 0 Å². The minimum Gasteiger partial charge on any atom is -0.355 e. The van der Waals surface area contributed by atoms with Crippen LogP contribution in [0.1, 0.15) is 61.8 Å². The minimum atomic E-state index is -0.464. The van der Waals surface area contributed by atoms with E-state index >= 15 is 0 Å². The Morgan fingerprint density at radius 2 is 1.94 bits per heavy atom. The van der Waals surface area contributed by atoms with Crippen LogP contribution in [0.25, 0.3) is 11.2 Å². The first-order valence-electron chi connectivity index (χ1n) is 12.0. The molecule has 2 amide bonds. The molecule has 0 bridgehead atoms. The van der Waals surface area contributed by atoms with Gasteiger partial charge in [0, 0.05) is 45.1 Å². The molecule has 35 heavy (non-hydrogen) atoms. The van der Waals surface area contributed by atoms with Crippen LogP contribution in [0.3, 0.4) is 0 Å². The molecule has 2 heterocycles. The summed E-state index contributed by atoms with van der Waals surface area (Å²) in [6.45, 7) is 7.42. The van der Waals surface area contributed by atoms with Crippen molar-refractivity contribution in [2.24, 2.45) is 5.92 Å². The van der Waals surface area contributed by atoms with Crippen molar-refractivity contribution < 1.29 is 9.59 Å². The Morgan fingerprint density at radius 3 is 2.63 bits per heavy atom. The molecule has 0 aliphatic carbocycles. The molecule has 0 aliphatic heterocycles. The number of aromatic nitrogens is 4. The number of nitrogens with zero attached hydrogens (tertiary/aromatic N) is 3. The summed E-state index contributed by atoms with van der Waals surface area (Å²) in [5.41, 5.74) is 1.16. The first kappa shape index (κ1) is 25.9. The van der Waals surface area contributed by atoms with Crippen molar-refractivity contribution in [3.05, 3.63) is 62.1 Å². The zero-order valence-electron chi connectivity index (χ0n) is 20.8. The molecule has 0 fully saturated rings. The summed E-state index contributed by atoms with van der Waals surface area (Å²) in [7, 11) is 1.57. The van der Waals surface area contributed by atoms with Gasteiger partial charge < -0.3 is 15.2 Å². The zero-order valence-corrected chi connectivity index (χ0v) is 20.8. The van der Waals surface area contributed by atoms with Crippen LogP contribution in [0, 0.1) is 5.92 Å². The zero-order chi connectivity index (χ0) is 25.5. The summed E-state index contributed by atoms with van der Waals surface area (Å²) in [5.74, 6) is 0.486. The average molecular weight is 483 g/mol. The summed E-state index contributed by atoms with van der Waals surface area (Å²) < 4.78 is 3.35. The fraction of sp³-hybridized carbons (Fsp3) is 0.480. The van der Waals surface area contributed by atoms with Gasteiger partial charge in [-0.25, -0.2) is 9.78 Å². The second kappa shape index (κ2) is 11.6. The number of amides is 2. The van der Waals surface area contributed by atoms with Gasteiger partial charge in [-0.15, -0.1) is 0 Å². The molecule has 0 radical (unpaired) electrons. The van der Waals surface area contributed by atoms with Crippen molar-refractivity contribution in [1.29, 1.82) is 0 Å². The van der Waals surface area contributed by atoms with E-state index in [0.717, 1.165) is 18.4 Å². The first-order valence-corrected chi connectivity index (χ1v) is 12.0. The van der Waals surface area contributed by atoms with Gasteiger partial charge in [-0.2, -0.15) is 0 Å². The van der Waals surface area contributed by atoms with Crippen molar-refractivity contribution in [3.8, 4) is 0 Å². The van der Waals surface area contributed by atoms with E-state index in [1.807, 2.05) is 31.4 Å².